The summed E-state index contributed by atoms with van der Waals surface area (Å²) in [5.41, 5.74) is 3.27. The molecule has 0 atom stereocenters. The van der Waals surface area contributed by atoms with Crippen LogP contribution in [0.15, 0.2) is 12.1 Å². The molecule has 0 unspecified atom stereocenters. The Kier molecular flexibility index (Phi) is 5.10. The van der Waals surface area contributed by atoms with Gasteiger partial charge in [0.25, 0.3) is 5.91 Å². The Morgan fingerprint density at radius 2 is 1.75 bits per heavy atom. The molecule has 0 aromatic heterocycles. The van der Waals surface area contributed by atoms with E-state index in [0.717, 1.165) is 26.2 Å². The smallest absolute Gasteiger partial charge is 0.265 e. The summed E-state index contributed by atoms with van der Waals surface area (Å²) in [6.45, 7) is 3.43. The molecule has 1 amide bonds. The van der Waals surface area contributed by atoms with E-state index in [1.54, 1.807) is 12.1 Å². The van der Waals surface area contributed by atoms with Gasteiger partial charge in [-0.3, -0.25) is 10.2 Å². The van der Waals surface area contributed by atoms with Crippen molar-refractivity contribution in [1.29, 1.82) is 0 Å². The largest absolute Gasteiger partial charge is 0.494 e. The van der Waals surface area contributed by atoms with Gasteiger partial charge in [0.15, 0.2) is 5.75 Å². The van der Waals surface area contributed by atoms with Crippen molar-refractivity contribution >= 4 is 29.1 Å². The van der Waals surface area contributed by atoms with Crippen molar-refractivity contribution in [1.82, 2.24) is 15.3 Å². The average Bonchev–Trinajstić information content (AvgIpc) is 2.41. The number of hydrazine groups is 1. The van der Waals surface area contributed by atoms with Crippen LogP contribution < -0.4 is 10.2 Å². The Labute approximate surface area is 128 Å². The Bertz CT molecular complexity index is 479. The summed E-state index contributed by atoms with van der Waals surface area (Å²) in [6.07, 6.45) is 0. The number of rotatable bonds is 3. The average molecular weight is 318 g/mol. The second kappa shape index (κ2) is 6.63. The molecule has 1 N–H and O–H groups in total. The van der Waals surface area contributed by atoms with Gasteiger partial charge in [-0.1, -0.05) is 23.2 Å². The molecule has 110 valence electrons. The molecule has 1 aromatic carbocycles. The summed E-state index contributed by atoms with van der Waals surface area (Å²) < 4.78 is 5.06. The molecule has 0 aliphatic carbocycles. The second-order valence-corrected chi connectivity index (χ2v) is 5.52. The highest BCUT2D eigenvalue weighted by molar-refractivity contribution is 6.37. The lowest BCUT2D eigenvalue weighted by Crippen LogP contribution is -2.52. The van der Waals surface area contributed by atoms with Crippen LogP contribution in [0.4, 0.5) is 0 Å². The highest BCUT2D eigenvalue weighted by atomic mass is 35.5. The van der Waals surface area contributed by atoms with Crippen LogP contribution in [0.2, 0.25) is 10.0 Å². The fourth-order valence-corrected chi connectivity index (χ4v) is 2.65. The minimum Gasteiger partial charge on any atom is -0.494 e. The van der Waals surface area contributed by atoms with E-state index in [-0.39, 0.29) is 5.91 Å². The van der Waals surface area contributed by atoms with Gasteiger partial charge in [-0.05, 0) is 19.2 Å². The van der Waals surface area contributed by atoms with Crippen molar-refractivity contribution in [3.05, 3.63) is 27.7 Å². The number of piperazine rings is 1. The maximum atomic E-state index is 12.2. The lowest BCUT2D eigenvalue weighted by atomic mass is 10.2. The van der Waals surface area contributed by atoms with Crippen LogP contribution >= 0.6 is 23.2 Å². The first-order valence-electron chi connectivity index (χ1n) is 6.28. The van der Waals surface area contributed by atoms with Gasteiger partial charge in [-0.25, -0.2) is 5.01 Å². The Balaban J connectivity index is 2.06. The highest BCUT2D eigenvalue weighted by Crippen LogP contribution is 2.33. The summed E-state index contributed by atoms with van der Waals surface area (Å²) in [7, 11) is 3.54. The number of likely N-dealkylation sites (N-methyl/N-ethyl adjacent to an activating group) is 1. The molecule has 7 heteroatoms. The molecule has 0 bridgehead atoms. The van der Waals surface area contributed by atoms with Gasteiger partial charge in [0.2, 0.25) is 0 Å². The van der Waals surface area contributed by atoms with Crippen LogP contribution in [0.5, 0.6) is 5.75 Å². The fourth-order valence-electron chi connectivity index (χ4n) is 2.01. The molecule has 0 radical (unpaired) electrons. The number of nitrogens with zero attached hydrogens (tertiary/aromatic N) is 2. The van der Waals surface area contributed by atoms with E-state index in [1.165, 1.54) is 7.11 Å². The van der Waals surface area contributed by atoms with Crippen LogP contribution in [-0.4, -0.2) is 56.2 Å². The molecular weight excluding hydrogens is 301 g/mol. The molecule has 1 aromatic rings. The van der Waals surface area contributed by atoms with Gasteiger partial charge >= 0.3 is 0 Å². The number of hydrogen-bond acceptors (Lipinski definition) is 4. The molecule has 1 aliphatic heterocycles. The predicted octanol–water partition coefficient (Wildman–Crippen LogP) is 1.89. The zero-order valence-corrected chi connectivity index (χ0v) is 13.0. The van der Waals surface area contributed by atoms with Crippen molar-refractivity contribution in [2.45, 2.75) is 0 Å². The van der Waals surface area contributed by atoms with E-state index < -0.39 is 0 Å². The molecule has 1 fully saturated rings. The number of halogens is 2. The first kappa shape index (κ1) is 15.4. The van der Waals surface area contributed by atoms with Gasteiger partial charge in [0.1, 0.15) is 0 Å². The summed E-state index contributed by atoms with van der Waals surface area (Å²) >= 11 is 12.1. The third-order valence-electron chi connectivity index (χ3n) is 3.23. The first-order valence-corrected chi connectivity index (χ1v) is 7.04. The number of amides is 1. The van der Waals surface area contributed by atoms with E-state index in [2.05, 4.69) is 17.4 Å². The maximum Gasteiger partial charge on any atom is 0.265 e. The van der Waals surface area contributed by atoms with Gasteiger partial charge in [0, 0.05) is 31.7 Å². The molecule has 5 nitrogen and oxygen atoms in total. The Morgan fingerprint density at radius 1 is 1.20 bits per heavy atom. The summed E-state index contributed by atoms with van der Waals surface area (Å²) in [5, 5.41) is 2.54. The fraction of sp³-hybridized carbons (Fsp3) is 0.462. The lowest BCUT2D eigenvalue weighted by molar-refractivity contribution is 0.0662. The zero-order valence-electron chi connectivity index (χ0n) is 11.4. The minimum absolute atomic E-state index is 0.221. The Hall–Kier alpha value is -1.01. The molecule has 0 spiro atoms. The molecule has 1 saturated heterocycles. The number of carbonyl (C=O) groups excluding carboxylic acids is 1. The van der Waals surface area contributed by atoms with Crippen LogP contribution in [0, 0.1) is 0 Å². The number of hydrogen-bond donors (Lipinski definition) is 1. The number of methoxy groups -OCH3 is 1. The zero-order chi connectivity index (χ0) is 14.7. The van der Waals surface area contributed by atoms with Gasteiger partial charge in [-0.15, -0.1) is 0 Å². The van der Waals surface area contributed by atoms with Crippen molar-refractivity contribution in [3.63, 3.8) is 0 Å². The quantitative estimate of drug-likeness (QED) is 0.924. The summed E-state index contributed by atoms with van der Waals surface area (Å²) in [5.74, 6) is 0.158. The van der Waals surface area contributed by atoms with E-state index in [1.807, 2.05) is 5.01 Å². The molecule has 2 rings (SSSR count). The third kappa shape index (κ3) is 3.55. The van der Waals surface area contributed by atoms with E-state index in [9.17, 15) is 4.79 Å². The monoisotopic (exact) mass is 317 g/mol. The summed E-state index contributed by atoms with van der Waals surface area (Å²) in [6, 6.07) is 3.11. The number of benzene rings is 1. The minimum atomic E-state index is -0.221. The van der Waals surface area contributed by atoms with Crippen molar-refractivity contribution < 1.29 is 9.53 Å². The lowest BCUT2D eigenvalue weighted by Gasteiger charge is -2.32. The third-order valence-corrected chi connectivity index (χ3v) is 3.79. The van der Waals surface area contributed by atoms with Crippen LogP contribution in [0.3, 0.4) is 0 Å². The molecule has 1 heterocycles. The standard InChI is InChI=1S/C13H17Cl2N3O2/c1-17-3-5-18(6-4-17)16-13(19)9-7-10(14)12(20-2)11(15)8-9/h7-8H,3-6H2,1-2H3,(H,16,19). The first-order chi connectivity index (χ1) is 9.51. The molecule has 0 saturated carbocycles. The van der Waals surface area contributed by atoms with Gasteiger partial charge < -0.3 is 9.64 Å². The van der Waals surface area contributed by atoms with Gasteiger partial charge in [-0.2, -0.15) is 0 Å². The van der Waals surface area contributed by atoms with E-state index in [0.29, 0.717) is 21.4 Å². The van der Waals surface area contributed by atoms with Crippen LogP contribution in [0.1, 0.15) is 10.4 Å². The number of nitrogens with one attached hydrogen (secondary N) is 1. The molecule has 20 heavy (non-hydrogen) atoms. The Morgan fingerprint density at radius 3 is 2.25 bits per heavy atom. The topological polar surface area (TPSA) is 44.8 Å². The second-order valence-electron chi connectivity index (χ2n) is 4.70. The SMILES string of the molecule is COc1c(Cl)cc(C(=O)NN2CCN(C)CC2)cc1Cl. The molecule has 1 aliphatic rings. The van der Waals surface area contributed by atoms with E-state index in [4.69, 9.17) is 27.9 Å². The van der Waals surface area contributed by atoms with E-state index >= 15 is 0 Å². The van der Waals surface area contributed by atoms with Crippen LogP contribution in [0.25, 0.3) is 0 Å². The van der Waals surface area contributed by atoms with Crippen molar-refractivity contribution in [2.24, 2.45) is 0 Å². The highest BCUT2D eigenvalue weighted by Gasteiger charge is 2.18. The van der Waals surface area contributed by atoms with Crippen LogP contribution in [-0.2, 0) is 0 Å². The number of ether oxygens (including phenoxy) is 1. The van der Waals surface area contributed by atoms with Crippen molar-refractivity contribution in [3.8, 4) is 5.75 Å². The normalized spacial score (nSPS) is 17.0. The summed E-state index contributed by atoms with van der Waals surface area (Å²) in [4.78, 5) is 14.4. The maximum absolute atomic E-state index is 12.2. The number of carbonyl (C=O) groups is 1. The van der Waals surface area contributed by atoms with Crippen molar-refractivity contribution in [2.75, 3.05) is 40.3 Å². The van der Waals surface area contributed by atoms with Gasteiger partial charge in [0.05, 0.1) is 17.2 Å². The predicted molar refractivity (Wildman–Crippen MR) is 79.6 cm³/mol. The molecular formula is C13H17Cl2N3O2.